The van der Waals surface area contributed by atoms with Crippen molar-refractivity contribution in [1.82, 2.24) is 4.72 Å². The van der Waals surface area contributed by atoms with E-state index in [4.69, 9.17) is 0 Å². The Morgan fingerprint density at radius 1 is 1.04 bits per heavy atom. The monoisotopic (exact) mass is 401 g/mol. The lowest BCUT2D eigenvalue weighted by Gasteiger charge is -2.35. The summed E-state index contributed by atoms with van der Waals surface area (Å²) in [4.78, 5) is 15.1. The zero-order valence-corrected chi connectivity index (χ0v) is 17.3. The van der Waals surface area contributed by atoms with E-state index in [2.05, 4.69) is 27.1 Å². The molecule has 1 unspecified atom stereocenters. The molecule has 0 saturated heterocycles. The summed E-state index contributed by atoms with van der Waals surface area (Å²) in [5, 5.41) is 2.89. The Hall–Kier alpha value is -2.38. The van der Waals surface area contributed by atoms with Crippen LogP contribution in [-0.2, 0) is 21.2 Å². The lowest BCUT2D eigenvalue weighted by atomic mass is 10.00. The van der Waals surface area contributed by atoms with Crippen molar-refractivity contribution >= 4 is 27.3 Å². The molecule has 0 bridgehead atoms. The highest BCUT2D eigenvalue weighted by atomic mass is 32.2. The third-order valence-corrected chi connectivity index (χ3v) is 6.49. The Bertz CT molecular complexity index is 940. The zero-order valence-electron chi connectivity index (χ0n) is 16.5. The van der Waals surface area contributed by atoms with E-state index >= 15 is 0 Å². The summed E-state index contributed by atoms with van der Waals surface area (Å²) >= 11 is 0. The van der Waals surface area contributed by atoms with Gasteiger partial charge in [0.2, 0.25) is 15.9 Å². The quantitative estimate of drug-likeness (QED) is 0.779. The summed E-state index contributed by atoms with van der Waals surface area (Å²) in [6.07, 6.45) is 2.05. The molecule has 7 heteroatoms. The number of amides is 1. The van der Waals surface area contributed by atoms with Gasteiger partial charge in [0.05, 0.1) is 4.90 Å². The molecule has 0 fully saturated rings. The minimum atomic E-state index is -3.54. The number of para-hydroxylation sites is 1. The number of hydrogen-bond acceptors (Lipinski definition) is 4. The van der Waals surface area contributed by atoms with Gasteiger partial charge in [-0.2, -0.15) is 0 Å². The fourth-order valence-corrected chi connectivity index (χ4v) is 4.70. The Labute approximate surface area is 167 Å². The van der Waals surface area contributed by atoms with Crippen molar-refractivity contribution in [2.75, 3.05) is 16.8 Å². The zero-order chi connectivity index (χ0) is 20.3. The summed E-state index contributed by atoms with van der Waals surface area (Å²) in [5.74, 6) is -0.118. The number of fused-ring (bicyclic) bond motifs is 1. The number of nitrogens with one attached hydrogen (secondary N) is 2. The summed E-state index contributed by atoms with van der Waals surface area (Å²) in [6, 6.07) is 13.9. The fourth-order valence-electron chi connectivity index (χ4n) is 3.45. The molecule has 150 valence electrons. The van der Waals surface area contributed by atoms with Crippen LogP contribution in [0.5, 0.6) is 0 Å². The lowest BCUT2D eigenvalue weighted by Crippen LogP contribution is -2.44. The third kappa shape index (κ3) is 4.54. The SMILES string of the molecule is CC(C)NS(=O)(=O)c1ccc(NC(=O)C(C)N2CCCc3ccccc32)cc1. The number of rotatable bonds is 6. The third-order valence-electron chi connectivity index (χ3n) is 4.82. The average Bonchev–Trinajstić information content (AvgIpc) is 2.66. The highest BCUT2D eigenvalue weighted by Gasteiger charge is 2.26. The van der Waals surface area contributed by atoms with Crippen LogP contribution in [0.4, 0.5) is 11.4 Å². The van der Waals surface area contributed by atoms with Crippen LogP contribution in [0.1, 0.15) is 32.8 Å². The van der Waals surface area contributed by atoms with Gasteiger partial charge < -0.3 is 10.2 Å². The van der Waals surface area contributed by atoms with E-state index in [1.807, 2.05) is 19.1 Å². The number of carbonyl (C=O) groups is 1. The van der Waals surface area contributed by atoms with Gasteiger partial charge in [-0.05, 0) is 69.5 Å². The minimum absolute atomic E-state index is 0.118. The molecule has 0 spiro atoms. The molecule has 0 saturated carbocycles. The van der Waals surface area contributed by atoms with Gasteiger partial charge >= 0.3 is 0 Å². The summed E-state index contributed by atoms with van der Waals surface area (Å²) < 4.78 is 26.9. The molecule has 2 N–H and O–H groups in total. The maximum absolute atomic E-state index is 12.8. The van der Waals surface area contributed by atoms with Gasteiger partial charge in [-0.3, -0.25) is 4.79 Å². The second-order valence-electron chi connectivity index (χ2n) is 7.39. The number of anilines is 2. The van der Waals surface area contributed by atoms with Crippen LogP contribution < -0.4 is 14.9 Å². The molecule has 2 aromatic rings. The Morgan fingerprint density at radius 2 is 1.71 bits per heavy atom. The van der Waals surface area contributed by atoms with Crippen molar-refractivity contribution in [3.05, 3.63) is 54.1 Å². The number of hydrogen-bond donors (Lipinski definition) is 2. The number of aryl methyl sites for hydroxylation is 1. The van der Waals surface area contributed by atoms with Crippen LogP contribution in [0, 0.1) is 0 Å². The number of sulfonamides is 1. The predicted molar refractivity (Wildman–Crippen MR) is 112 cm³/mol. The average molecular weight is 402 g/mol. The van der Waals surface area contributed by atoms with E-state index in [-0.39, 0.29) is 22.9 Å². The predicted octanol–water partition coefficient (Wildman–Crippen LogP) is 3.15. The minimum Gasteiger partial charge on any atom is -0.360 e. The van der Waals surface area contributed by atoms with Gasteiger partial charge in [0, 0.05) is 24.0 Å². The van der Waals surface area contributed by atoms with Gasteiger partial charge in [-0.15, -0.1) is 0 Å². The smallest absolute Gasteiger partial charge is 0.246 e. The van der Waals surface area contributed by atoms with Crippen molar-refractivity contribution in [2.24, 2.45) is 0 Å². The highest BCUT2D eigenvalue weighted by Crippen LogP contribution is 2.28. The van der Waals surface area contributed by atoms with Crippen molar-refractivity contribution in [3.63, 3.8) is 0 Å². The summed E-state index contributed by atoms with van der Waals surface area (Å²) in [5.41, 5.74) is 2.95. The molecule has 0 aliphatic carbocycles. The number of carbonyl (C=O) groups excluding carboxylic acids is 1. The van der Waals surface area contributed by atoms with E-state index in [1.165, 1.54) is 17.7 Å². The Morgan fingerprint density at radius 3 is 2.39 bits per heavy atom. The van der Waals surface area contributed by atoms with Crippen molar-refractivity contribution in [3.8, 4) is 0 Å². The molecule has 0 radical (unpaired) electrons. The second kappa shape index (κ2) is 8.32. The van der Waals surface area contributed by atoms with Crippen LogP contribution in [0.2, 0.25) is 0 Å². The van der Waals surface area contributed by atoms with E-state index in [1.54, 1.807) is 26.0 Å². The number of nitrogens with zero attached hydrogens (tertiary/aromatic N) is 1. The molecule has 1 atom stereocenters. The molecule has 3 rings (SSSR count). The molecular formula is C21H27N3O3S. The van der Waals surface area contributed by atoms with Crippen LogP contribution in [-0.4, -0.2) is 33.0 Å². The highest BCUT2D eigenvalue weighted by molar-refractivity contribution is 7.89. The molecular weight excluding hydrogens is 374 g/mol. The first-order valence-electron chi connectivity index (χ1n) is 9.56. The van der Waals surface area contributed by atoms with Crippen LogP contribution in [0.3, 0.4) is 0 Å². The maximum atomic E-state index is 12.8. The van der Waals surface area contributed by atoms with Crippen LogP contribution in [0.15, 0.2) is 53.4 Å². The van der Waals surface area contributed by atoms with E-state index < -0.39 is 10.0 Å². The molecule has 28 heavy (non-hydrogen) atoms. The van der Waals surface area contributed by atoms with E-state index in [0.717, 1.165) is 25.1 Å². The van der Waals surface area contributed by atoms with Gasteiger partial charge in [-0.25, -0.2) is 13.1 Å². The molecule has 2 aromatic carbocycles. The lowest BCUT2D eigenvalue weighted by molar-refractivity contribution is -0.117. The standard InChI is InChI=1S/C21H27N3O3S/c1-15(2)23-28(26,27)19-12-10-18(11-13-19)22-21(25)16(3)24-14-6-8-17-7-4-5-9-20(17)24/h4-5,7,9-13,15-16,23H,6,8,14H2,1-3H3,(H,22,25). The van der Waals surface area contributed by atoms with E-state index in [0.29, 0.717) is 5.69 Å². The van der Waals surface area contributed by atoms with Gasteiger partial charge in [0.15, 0.2) is 0 Å². The Balaban J connectivity index is 1.70. The summed E-state index contributed by atoms with van der Waals surface area (Å²) in [6.45, 7) is 6.27. The molecule has 6 nitrogen and oxygen atoms in total. The molecule has 1 aliphatic rings. The van der Waals surface area contributed by atoms with Crippen molar-refractivity contribution < 1.29 is 13.2 Å². The topological polar surface area (TPSA) is 78.5 Å². The van der Waals surface area contributed by atoms with Gasteiger partial charge in [0.1, 0.15) is 6.04 Å². The first kappa shape index (κ1) is 20.4. The largest absolute Gasteiger partial charge is 0.360 e. The Kier molecular flexibility index (Phi) is 6.05. The normalized spacial score (nSPS) is 15.2. The molecule has 1 aliphatic heterocycles. The maximum Gasteiger partial charge on any atom is 0.246 e. The van der Waals surface area contributed by atoms with Crippen molar-refractivity contribution in [1.29, 1.82) is 0 Å². The molecule has 1 heterocycles. The molecule has 1 amide bonds. The van der Waals surface area contributed by atoms with Crippen LogP contribution >= 0.6 is 0 Å². The first-order valence-corrected chi connectivity index (χ1v) is 11.0. The first-order chi connectivity index (χ1) is 13.3. The van der Waals surface area contributed by atoms with Crippen LogP contribution in [0.25, 0.3) is 0 Å². The van der Waals surface area contributed by atoms with Gasteiger partial charge in [-0.1, -0.05) is 18.2 Å². The fraction of sp³-hybridized carbons (Fsp3) is 0.381. The second-order valence-corrected chi connectivity index (χ2v) is 9.11. The summed E-state index contributed by atoms with van der Waals surface area (Å²) in [7, 11) is -3.54. The van der Waals surface area contributed by atoms with E-state index in [9.17, 15) is 13.2 Å². The number of benzene rings is 2. The van der Waals surface area contributed by atoms with Crippen molar-refractivity contribution in [2.45, 2.75) is 50.6 Å². The molecule has 0 aromatic heterocycles. The van der Waals surface area contributed by atoms with Gasteiger partial charge in [0.25, 0.3) is 0 Å².